The van der Waals surface area contributed by atoms with Crippen molar-refractivity contribution in [3.05, 3.63) is 30.1 Å². The minimum atomic E-state index is -5.08. The first-order chi connectivity index (χ1) is 17.4. The number of nitrogens with zero attached hydrogens (tertiary/aromatic N) is 3. The number of aliphatic carboxylic acids is 2. The Kier molecular flexibility index (Phi) is 12.0. The Morgan fingerprint density at radius 1 is 1.08 bits per heavy atom. The number of aromatic nitrogens is 1. The van der Waals surface area contributed by atoms with Gasteiger partial charge in [0, 0.05) is 51.2 Å². The predicted octanol–water partition coefficient (Wildman–Crippen LogP) is 3.70. The number of rotatable bonds is 4. The fourth-order valence-corrected chi connectivity index (χ4v) is 4.37. The number of methoxy groups -OCH3 is 1. The second kappa shape index (κ2) is 13.7. The summed E-state index contributed by atoms with van der Waals surface area (Å²) in [4.78, 5) is 39.0. The highest BCUT2D eigenvalue weighted by molar-refractivity contribution is 5.93. The molecule has 15 heteroatoms. The maximum absolute atomic E-state index is 12.6. The molecule has 0 bridgehead atoms. The molecule has 0 saturated carbocycles. The molecule has 0 aromatic carbocycles. The van der Waals surface area contributed by atoms with Crippen LogP contribution in [0.25, 0.3) is 0 Å². The monoisotopic (exact) mass is 559 g/mol. The van der Waals surface area contributed by atoms with E-state index >= 15 is 0 Å². The van der Waals surface area contributed by atoms with Crippen LogP contribution in [0, 0.1) is 5.41 Å². The number of hydrogen-bond acceptors (Lipinski definition) is 6. The number of likely N-dealkylation sites (tertiary alicyclic amines) is 2. The maximum Gasteiger partial charge on any atom is 0.490 e. The van der Waals surface area contributed by atoms with Crippen molar-refractivity contribution in [2.75, 3.05) is 33.4 Å². The summed E-state index contributed by atoms with van der Waals surface area (Å²) in [6.45, 7) is 8.16. The number of carboxylic acid groups (broad SMARTS) is 2. The second-order valence-electron chi connectivity index (χ2n) is 9.22. The van der Waals surface area contributed by atoms with Crippen LogP contribution in [0.1, 0.15) is 43.5 Å². The summed E-state index contributed by atoms with van der Waals surface area (Å²) in [5.41, 5.74) is 1.04. The molecule has 0 aliphatic carbocycles. The lowest BCUT2D eigenvalue weighted by Gasteiger charge is -2.39. The van der Waals surface area contributed by atoms with Gasteiger partial charge in [-0.25, -0.2) is 9.59 Å². The summed E-state index contributed by atoms with van der Waals surface area (Å²) in [5.74, 6) is -5.40. The van der Waals surface area contributed by atoms with Gasteiger partial charge < -0.3 is 19.8 Å². The first-order valence-electron chi connectivity index (χ1n) is 11.5. The van der Waals surface area contributed by atoms with E-state index in [9.17, 15) is 31.1 Å². The van der Waals surface area contributed by atoms with Gasteiger partial charge in [-0.3, -0.25) is 14.7 Å². The summed E-state index contributed by atoms with van der Waals surface area (Å²) < 4.78 is 68.9. The summed E-state index contributed by atoms with van der Waals surface area (Å²) in [7, 11) is 1.79. The molecule has 2 fully saturated rings. The van der Waals surface area contributed by atoms with Crippen molar-refractivity contribution in [3.8, 4) is 0 Å². The molecule has 1 amide bonds. The van der Waals surface area contributed by atoms with Gasteiger partial charge in [0.25, 0.3) is 5.91 Å². The number of ether oxygens (including phenoxy) is 1. The van der Waals surface area contributed by atoms with E-state index in [0.29, 0.717) is 23.1 Å². The molecule has 2 N–H and O–H groups in total. The van der Waals surface area contributed by atoms with Crippen molar-refractivity contribution in [1.82, 2.24) is 14.8 Å². The van der Waals surface area contributed by atoms with E-state index in [0.717, 1.165) is 39.1 Å². The number of piperidine rings is 1. The van der Waals surface area contributed by atoms with Gasteiger partial charge in [0.15, 0.2) is 0 Å². The number of carboxylic acids is 2. The van der Waals surface area contributed by atoms with E-state index in [1.165, 1.54) is 6.42 Å². The molecule has 2 aliphatic heterocycles. The average Bonchev–Trinajstić information content (AvgIpc) is 3.17. The zero-order chi connectivity index (χ0) is 29.3. The van der Waals surface area contributed by atoms with Gasteiger partial charge in [0.2, 0.25) is 0 Å². The molecular weight excluding hydrogens is 528 g/mol. The van der Waals surface area contributed by atoms with E-state index in [-0.39, 0.29) is 5.91 Å². The number of hydrogen-bond donors (Lipinski definition) is 2. The number of carbonyl (C=O) groups is 3. The Labute approximate surface area is 215 Å². The van der Waals surface area contributed by atoms with Crippen LogP contribution >= 0.6 is 0 Å². The molecule has 1 atom stereocenters. The van der Waals surface area contributed by atoms with Gasteiger partial charge in [-0.1, -0.05) is 0 Å². The van der Waals surface area contributed by atoms with Crippen molar-refractivity contribution in [2.24, 2.45) is 5.41 Å². The Morgan fingerprint density at radius 2 is 1.58 bits per heavy atom. The van der Waals surface area contributed by atoms with E-state index in [4.69, 9.17) is 24.5 Å². The molecule has 1 aromatic heterocycles. The molecule has 3 rings (SSSR count). The van der Waals surface area contributed by atoms with Crippen LogP contribution in [0.15, 0.2) is 24.5 Å². The van der Waals surface area contributed by atoms with Crippen LogP contribution < -0.4 is 0 Å². The first-order valence-corrected chi connectivity index (χ1v) is 11.5. The zero-order valence-electron chi connectivity index (χ0n) is 21.1. The highest BCUT2D eigenvalue weighted by Gasteiger charge is 2.46. The van der Waals surface area contributed by atoms with E-state index in [1.807, 2.05) is 17.0 Å². The van der Waals surface area contributed by atoms with Crippen molar-refractivity contribution < 1.29 is 55.7 Å². The molecular formula is C23H31F6N3O6. The summed E-state index contributed by atoms with van der Waals surface area (Å²) in [6.07, 6.45) is -3.44. The highest BCUT2D eigenvalue weighted by atomic mass is 19.4. The fraction of sp³-hybridized carbons (Fsp3) is 0.652. The minimum absolute atomic E-state index is 0.116. The molecule has 1 aromatic rings. The van der Waals surface area contributed by atoms with Crippen molar-refractivity contribution in [3.63, 3.8) is 0 Å². The Balaban J connectivity index is 0.000000426. The van der Waals surface area contributed by atoms with Crippen LogP contribution in [0.4, 0.5) is 26.3 Å². The third-order valence-corrected chi connectivity index (χ3v) is 6.18. The van der Waals surface area contributed by atoms with Gasteiger partial charge in [0.1, 0.15) is 0 Å². The molecule has 3 heterocycles. The van der Waals surface area contributed by atoms with Crippen molar-refractivity contribution in [2.45, 2.75) is 57.5 Å². The highest BCUT2D eigenvalue weighted by Crippen LogP contribution is 2.44. The SMILES string of the molecule is COCC1CC2(CCN(C(=O)c3cccnc3)CC2)CN1C(C)C.O=C(O)C(F)(F)F.O=C(O)C(F)(F)F. The summed E-state index contributed by atoms with van der Waals surface area (Å²) in [6, 6.07) is 4.73. The number of alkyl halides is 6. The summed E-state index contributed by atoms with van der Waals surface area (Å²) >= 11 is 0. The lowest BCUT2D eigenvalue weighted by Crippen LogP contribution is -2.44. The van der Waals surface area contributed by atoms with Crippen LogP contribution in [-0.4, -0.2) is 101 Å². The maximum atomic E-state index is 12.6. The largest absolute Gasteiger partial charge is 0.490 e. The Hall–Kier alpha value is -2.94. The third kappa shape index (κ3) is 10.1. The van der Waals surface area contributed by atoms with Gasteiger partial charge in [-0.15, -0.1) is 0 Å². The normalized spacial score (nSPS) is 19.3. The van der Waals surface area contributed by atoms with Crippen LogP contribution in [0.5, 0.6) is 0 Å². The zero-order valence-corrected chi connectivity index (χ0v) is 21.1. The number of pyridine rings is 1. The van der Waals surface area contributed by atoms with E-state index < -0.39 is 24.3 Å². The van der Waals surface area contributed by atoms with Crippen LogP contribution in [-0.2, 0) is 14.3 Å². The van der Waals surface area contributed by atoms with Gasteiger partial charge in [0.05, 0.1) is 12.2 Å². The number of amides is 1. The van der Waals surface area contributed by atoms with Crippen molar-refractivity contribution in [1.29, 1.82) is 0 Å². The lowest BCUT2D eigenvalue weighted by atomic mass is 9.76. The smallest absolute Gasteiger partial charge is 0.475 e. The molecule has 216 valence electrons. The second-order valence-corrected chi connectivity index (χ2v) is 9.22. The Morgan fingerprint density at radius 3 is 1.95 bits per heavy atom. The first kappa shape index (κ1) is 33.1. The fourth-order valence-electron chi connectivity index (χ4n) is 4.37. The number of halogens is 6. The minimum Gasteiger partial charge on any atom is -0.475 e. The van der Waals surface area contributed by atoms with E-state index in [2.05, 4.69) is 23.7 Å². The molecule has 2 aliphatic rings. The standard InChI is InChI=1S/C19H29N3O2.2C2HF3O2/c1-15(2)22-14-19(11-17(22)13-24-3)6-9-21(10-7-19)18(23)16-5-4-8-20-12-16;2*3-2(4,5)1(6)7/h4-5,8,12,15,17H,6-7,9-11,13-14H2,1-3H3;2*(H,6,7). The van der Waals surface area contributed by atoms with Gasteiger partial charge in [-0.05, 0) is 50.7 Å². The predicted molar refractivity (Wildman–Crippen MR) is 121 cm³/mol. The van der Waals surface area contributed by atoms with Crippen LogP contribution in [0.2, 0.25) is 0 Å². The molecule has 1 spiro atoms. The Bertz CT molecular complexity index is 894. The lowest BCUT2D eigenvalue weighted by molar-refractivity contribution is -0.193. The van der Waals surface area contributed by atoms with Crippen LogP contribution in [0.3, 0.4) is 0 Å². The van der Waals surface area contributed by atoms with Crippen molar-refractivity contribution >= 4 is 17.8 Å². The van der Waals surface area contributed by atoms with Gasteiger partial charge >= 0.3 is 24.3 Å². The molecule has 38 heavy (non-hydrogen) atoms. The molecule has 2 saturated heterocycles. The molecule has 9 nitrogen and oxygen atoms in total. The topological polar surface area (TPSA) is 120 Å². The molecule has 1 unspecified atom stereocenters. The average molecular weight is 560 g/mol. The molecule has 0 radical (unpaired) electrons. The third-order valence-electron chi connectivity index (χ3n) is 6.18. The van der Waals surface area contributed by atoms with E-state index in [1.54, 1.807) is 19.5 Å². The number of carbonyl (C=O) groups excluding carboxylic acids is 1. The quantitative estimate of drug-likeness (QED) is 0.536. The summed E-state index contributed by atoms with van der Waals surface area (Å²) in [5, 5.41) is 14.2. The van der Waals surface area contributed by atoms with Gasteiger partial charge in [-0.2, -0.15) is 26.3 Å².